The van der Waals surface area contributed by atoms with E-state index < -0.39 is 5.97 Å². The van der Waals surface area contributed by atoms with Crippen molar-refractivity contribution in [2.75, 3.05) is 18.1 Å². The second-order valence-corrected chi connectivity index (χ2v) is 3.36. The molecule has 0 heterocycles. The molecule has 3 nitrogen and oxygen atoms in total. The fourth-order valence-electron chi connectivity index (χ4n) is 0.887. The highest BCUT2D eigenvalue weighted by atomic mass is 32.2. The van der Waals surface area contributed by atoms with Crippen LogP contribution in [-0.2, 0) is 4.79 Å². The highest BCUT2D eigenvalue weighted by Crippen LogP contribution is 2.16. The fourth-order valence-corrected chi connectivity index (χ4v) is 1.29. The zero-order valence-corrected chi connectivity index (χ0v) is 8.10. The van der Waals surface area contributed by atoms with Crippen molar-refractivity contribution >= 4 is 23.4 Å². The Morgan fingerprint density at radius 2 is 2.08 bits per heavy atom. The van der Waals surface area contributed by atoms with E-state index in [1.807, 2.05) is 30.5 Å². The quantitative estimate of drug-likeness (QED) is 0.724. The number of thioether (sulfide) groups is 1. The number of benzene rings is 1. The molecule has 0 saturated carbocycles. The van der Waals surface area contributed by atoms with E-state index in [0.29, 0.717) is 0 Å². The maximum absolute atomic E-state index is 10.2. The molecule has 0 bridgehead atoms. The van der Waals surface area contributed by atoms with Crippen molar-refractivity contribution < 1.29 is 9.90 Å². The van der Waals surface area contributed by atoms with Crippen LogP contribution in [0.1, 0.15) is 0 Å². The first-order chi connectivity index (χ1) is 6.22. The van der Waals surface area contributed by atoms with E-state index in [1.165, 1.54) is 4.90 Å². The second-order valence-electron chi connectivity index (χ2n) is 2.48. The number of hydrogen-bond donors (Lipinski definition) is 2. The molecule has 1 aromatic carbocycles. The molecule has 70 valence electrons. The van der Waals surface area contributed by atoms with Gasteiger partial charge < -0.3 is 10.4 Å². The minimum atomic E-state index is -0.853. The highest BCUT2D eigenvalue weighted by Gasteiger charge is 1.96. The number of nitrogens with one attached hydrogen (secondary N) is 1. The molecule has 0 atom stereocenters. The van der Waals surface area contributed by atoms with Crippen molar-refractivity contribution in [2.24, 2.45) is 0 Å². The van der Waals surface area contributed by atoms with Crippen molar-refractivity contribution in [3.63, 3.8) is 0 Å². The van der Waals surface area contributed by atoms with Crippen LogP contribution in [-0.4, -0.2) is 23.9 Å². The van der Waals surface area contributed by atoms with Gasteiger partial charge in [-0.15, -0.1) is 11.8 Å². The summed E-state index contributed by atoms with van der Waals surface area (Å²) >= 11 is 1.66. The molecule has 1 aromatic rings. The van der Waals surface area contributed by atoms with Crippen LogP contribution in [0.15, 0.2) is 29.2 Å². The van der Waals surface area contributed by atoms with E-state index >= 15 is 0 Å². The first-order valence-electron chi connectivity index (χ1n) is 3.82. The van der Waals surface area contributed by atoms with Crippen LogP contribution >= 0.6 is 11.8 Å². The minimum Gasteiger partial charge on any atom is -0.480 e. The first-order valence-corrected chi connectivity index (χ1v) is 5.04. The molecule has 2 N–H and O–H groups in total. The molecule has 1 rings (SSSR count). The minimum absolute atomic E-state index is 0.0430. The summed E-state index contributed by atoms with van der Waals surface area (Å²) in [5, 5.41) is 11.2. The van der Waals surface area contributed by atoms with Gasteiger partial charge in [-0.3, -0.25) is 4.79 Å². The third-order valence-corrected chi connectivity index (χ3v) is 2.28. The van der Waals surface area contributed by atoms with Gasteiger partial charge >= 0.3 is 5.97 Å². The van der Waals surface area contributed by atoms with E-state index in [-0.39, 0.29) is 6.54 Å². The monoisotopic (exact) mass is 197 g/mol. The smallest absolute Gasteiger partial charge is 0.322 e. The summed E-state index contributed by atoms with van der Waals surface area (Å²) in [5.74, 6) is -0.853. The third kappa shape index (κ3) is 3.38. The zero-order valence-electron chi connectivity index (χ0n) is 7.28. The van der Waals surface area contributed by atoms with Gasteiger partial charge in [-0.2, -0.15) is 0 Å². The zero-order chi connectivity index (χ0) is 9.68. The topological polar surface area (TPSA) is 49.3 Å². The Morgan fingerprint density at radius 1 is 1.46 bits per heavy atom. The molecule has 13 heavy (non-hydrogen) atoms. The average Bonchev–Trinajstić information content (AvgIpc) is 2.15. The molecule has 0 fully saturated rings. The van der Waals surface area contributed by atoms with Gasteiger partial charge in [0.05, 0.1) is 0 Å². The van der Waals surface area contributed by atoms with Gasteiger partial charge in [-0.05, 0) is 30.5 Å². The van der Waals surface area contributed by atoms with Crippen molar-refractivity contribution in [2.45, 2.75) is 4.90 Å². The van der Waals surface area contributed by atoms with Crippen LogP contribution in [0.3, 0.4) is 0 Å². The molecule has 0 spiro atoms. The number of rotatable bonds is 4. The summed E-state index contributed by atoms with van der Waals surface area (Å²) in [4.78, 5) is 11.4. The lowest BCUT2D eigenvalue weighted by Gasteiger charge is -2.03. The lowest BCUT2D eigenvalue weighted by Crippen LogP contribution is -2.11. The standard InChI is InChI=1S/C9H11NO2S/c1-13-8-4-2-7(3-5-8)10-6-9(11)12/h2-5,10H,6H2,1H3,(H,11,12). The molecular weight excluding hydrogens is 186 g/mol. The Hall–Kier alpha value is -1.16. The van der Waals surface area contributed by atoms with Gasteiger partial charge in [0.1, 0.15) is 6.54 Å². The molecule has 0 radical (unpaired) electrons. The van der Waals surface area contributed by atoms with E-state index in [4.69, 9.17) is 5.11 Å². The molecule has 0 aliphatic carbocycles. The molecule has 0 aliphatic rings. The van der Waals surface area contributed by atoms with Crippen LogP contribution in [0, 0.1) is 0 Å². The van der Waals surface area contributed by atoms with Gasteiger partial charge in [0.2, 0.25) is 0 Å². The van der Waals surface area contributed by atoms with Gasteiger partial charge in [0, 0.05) is 10.6 Å². The fraction of sp³-hybridized carbons (Fsp3) is 0.222. The SMILES string of the molecule is CSc1ccc(NCC(=O)O)cc1. The maximum Gasteiger partial charge on any atom is 0.322 e. The maximum atomic E-state index is 10.2. The summed E-state index contributed by atoms with van der Waals surface area (Å²) in [7, 11) is 0. The molecule has 0 saturated heterocycles. The summed E-state index contributed by atoms with van der Waals surface area (Å²) in [5.41, 5.74) is 0.834. The number of carboxylic acids is 1. The number of carboxylic acid groups (broad SMARTS) is 1. The lowest BCUT2D eigenvalue weighted by atomic mass is 10.3. The van der Waals surface area contributed by atoms with Crippen LogP contribution in [0.5, 0.6) is 0 Å². The van der Waals surface area contributed by atoms with Gasteiger partial charge in [0.25, 0.3) is 0 Å². The molecule has 0 unspecified atom stereocenters. The summed E-state index contributed by atoms with van der Waals surface area (Å²) in [6, 6.07) is 7.65. The van der Waals surface area contributed by atoms with Crippen LogP contribution < -0.4 is 5.32 Å². The van der Waals surface area contributed by atoms with Crippen molar-refractivity contribution in [1.82, 2.24) is 0 Å². The van der Waals surface area contributed by atoms with Gasteiger partial charge in [-0.25, -0.2) is 0 Å². The Balaban J connectivity index is 2.54. The highest BCUT2D eigenvalue weighted by molar-refractivity contribution is 7.98. The normalized spacial score (nSPS) is 9.62. The molecule has 0 amide bonds. The predicted octanol–water partition coefficient (Wildman–Crippen LogP) is 1.91. The largest absolute Gasteiger partial charge is 0.480 e. The van der Waals surface area contributed by atoms with Crippen molar-refractivity contribution in [1.29, 1.82) is 0 Å². The number of aliphatic carboxylic acids is 1. The van der Waals surface area contributed by atoms with Gasteiger partial charge in [-0.1, -0.05) is 0 Å². The van der Waals surface area contributed by atoms with E-state index in [1.54, 1.807) is 11.8 Å². The van der Waals surface area contributed by atoms with E-state index in [9.17, 15) is 4.79 Å². The number of hydrogen-bond acceptors (Lipinski definition) is 3. The number of anilines is 1. The lowest BCUT2D eigenvalue weighted by molar-refractivity contribution is -0.134. The Bertz CT molecular complexity index is 284. The second kappa shape index (κ2) is 4.77. The Kier molecular flexibility index (Phi) is 3.64. The summed E-state index contributed by atoms with van der Waals surface area (Å²) < 4.78 is 0. The van der Waals surface area contributed by atoms with Crippen molar-refractivity contribution in [3.05, 3.63) is 24.3 Å². The van der Waals surface area contributed by atoms with Crippen LogP contribution in [0.25, 0.3) is 0 Å². The molecule has 0 aromatic heterocycles. The molecule has 0 aliphatic heterocycles. The Labute approximate surface area is 81.2 Å². The van der Waals surface area contributed by atoms with Crippen molar-refractivity contribution in [3.8, 4) is 0 Å². The average molecular weight is 197 g/mol. The van der Waals surface area contributed by atoms with Crippen LogP contribution in [0.2, 0.25) is 0 Å². The molecular formula is C9H11NO2S. The van der Waals surface area contributed by atoms with Crippen LogP contribution in [0.4, 0.5) is 5.69 Å². The summed E-state index contributed by atoms with van der Waals surface area (Å²) in [6.07, 6.45) is 2.00. The molecule has 4 heteroatoms. The van der Waals surface area contributed by atoms with Gasteiger partial charge in [0.15, 0.2) is 0 Å². The summed E-state index contributed by atoms with van der Waals surface area (Å²) in [6.45, 7) is -0.0430. The van der Waals surface area contributed by atoms with E-state index in [2.05, 4.69) is 5.32 Å². The third-order valence-electron chi connectivity index (χ3n) is 1.53. The first kappa shape index (κ1) is 9.92. The number of carbonyl (C=O) groups is 1. The van der Waals surface area contributed by atoms with E-state index in [0.717, 1.165) is 5.69 Å². The predicted molar refractivity (Wildman–Crippen MR) is 54.3 cm³/mol. The Morgan fingerprint density at radius 3 is 2.54 bits per heavy atom.